The molecule has 0 unspecified atom stereocenters. The number of hydrogen-bond donors (Lipinski definition) is 0. The summed E-state index contributed by atoms with van der Waals surface area (Å²) in [5, 5.41) is 0.733. The highest BCUT2D eigenvalue weighted by atomic mass is 35.5. The number of nitrogens with zero attached hydrogens (tertiary/aromatic N) is 2. The Labute approximate surface area is 138 Å². The van der Waals surface area contributed by atoms with Crippen LogP contribution in [0.2, 0.25) is 5.02 Å². The highest BCUT2D eigenvalue weighted by molar-refractivity contribution is 6.31. The van der Waals surface area contributed by atoms with Gasteiger partial charge < -0.3 is 4.90 Å². The van der Waals surface area contributed by atoms with Gasteiger partial charge in [0.05, 0.1) is 0 Å². The maximum Gasteiger partial charge on any atom is 0.224 e. The predicted octanol–water partition coefficient (Wildman–Crippen LogP) is 3.59. The van der Waals surface area contributed by atoms with E-state index in [1.54, 1.807) is 0 Å². The molecule has 120 valence electrons. The topological polar surface area (TPSA) is 23.6 Å². The van der Waals surface area contributed by atoms with E-state index in [2.05, 4.69) is 30.9 Å². The molecule has 4 heteroatoms. The summed E-state index contributed by atoms with van der Waals surface area (Å²) in [6, 6.07) is 7.75. The molecule has 0 aliphatic carbocycles. The van der Waals surface area contributed by atoms with E-state index in [0.29, 0.717) is 18.9 Å². The molecule has 1 heterocycles. The van der Waals surface area contributed by atoms with E-state index in [-0.39, 0.29) is 5.91 Å². The summed E-state index contributed by atoms with van der Waals surface area (Å²) in [6.07, 6.45) is 5.01. The van der Waals surface area contributed by atoms with Gasteiger partial charge in [-0.1, -0.05) is 55.8 Å². The van der Waals surface area contributed by atoms with Gasteiger partial charge in [-0.05, 0) is 17.5 Å². The molecule has 1 aliphatic heterocycles. The Bertz CT molecular complexity index is 528. The number of carbonyl (C=O) groups excluding carboxylic acids is 1. The van der Waals surface area contributed by atoms with Crippen molar-refractivity contribution in [3.8, 4) is 0 Å². The van der Waals surface area contributed by atoms with Crippen molar-refractivity contribution in [3.63, 3.8) is 0 Å². The summed E-state index contributed by atoms with van der Waals surface area (Å²) in [4.78, 5) is 16.6. The number of rotatable bonds is 5. The van der Waals surface area contributed by atoms with Gasteiger partial charge in [0, 0.05) is 44.2 Å². The summed E-state index contributed by atoms with van der Waals surface area (Å²) in [5.41, 5.74) is 1.02. The standard InChI is InChI=1S/C18H25ClN2O/c1-15(2)6-5-10-20-11-9-18(22)21(13-12-20)14-16-7-3-4-8-17(16)19/h3-8,15H,9-14H2,1-2H3. The van der Waals surface area contributed by atoms with E-state index < -0.39 is 0 Å². The van der Waals surface area contributed by atoms with Crippen LogP contribution in [0.3, 0.4) is 0 Å². The van der Waals surface area contributed by atoms with Crippen LogP contribution < -0.4 is 0 Å². The van der Waals surface area contributed by atoms with Crippen molar-refractivity contribution in [3.05, 3.63) is 47.0 Å². The average Bonchev–Trinajstić information content (AvgIpc) is 2.65. The van der Waals surface area contributed by atoms with E-state index in [0.717, 1.165) is 36.8 Å². The molecule has 22 heavy (non-hydrogen) atoms. The molecule has 0 aromatic heterocycles. The zero-order valence-corrected chi connectivity index (χ0v) is 14.2. The normalized spacial score (nSPS) is 17.5. The van der Waals surface area contributed by atoms with Crippen molar-refractivity contribution in [2.75, 3.05) is 26.2 Å². The predicted molar refractivity (Wildman–Crippen MR) is 91.9 cm³/mol. The minimum atomic E-state index is 0.218. The number of halogens is 1. The van der Waals surface area contributed by atoms with E-state index in [4.69, 9.17) is 11.6 Å². The third-order valence-electron chi connectivity index (χ3n) is 3.88. The Kier molecular flexibility index (Phi) is 6.47. The number of benzene rings is 1. The van der Waals surface area contributed by atoms with Gasteiger partial charge in [0.2, 0.25) is 5.91 Å². The molecule has 2 rings (SSSR count). The maximum absolute atomic E-state index is 12.3. The van der Waals surface area contributed by atoms with Crippen molar-refractivity contribution in [2.45, 2.75) is 26.8 Å². The zero-order valence-electron chi connectivity index (χ0n) is 13.5. The van der Waals surface area contributed by atoms with Crippen LogP contribution in [0.5, 0.6) is 0 Å². The first-order valence-electron chi connectivity index (χ1n) is 7.96. The quantitative estimate of drug-likeness (QED) is 0.774. The molecule has 0 N–H and O–H groups in total. The second-order valence-corrected chi connectivity index (χ2v) is 6.54. The molecule has 1 aromatic rings. The Balaban J connectivity index is 1.92. The SMILES string of the molecule is CC(C)C=CCN1CCC(=O)N(Cc2ccccc2Cl)CC1. The van der Waals surface area contributed by atoms with Crippen LogP contribution >= 0.6 is 11.6 Å². The smallest absolute Gasteiger partial charge is 0.224 e. The molecule has 1 amide bonds. The van der Waals surface area contributed by atoms with Crippen molar-refractivity contribution in [2.24, 2.45) is 5.92 Å². The van der Waals surface area contributed by atoms with Crippen LogP contribution in [0.15, 0.2) is 36.4 Å². The Morgan fingerprint density at radius 2 is 2.00 bits per heavy atom. The lowest BCUT2D eigenvalue weighted by molar-refractivity contribution is -0.130. The summed E-state index contributed by atoms with van der Waals surface area (Å²) < 4.78 is 0. The highest BCUT2D eigenvalue weighted by Crippen LogP contribution is 2.18. The molecule has 1 saturated heterocycles. The van der Waals surface area contributed by atoms with Crippen LogP contribution in [0.25, 0.3) is 0 Å². The molecule has 0 saturated carbocycles. The molecule has 0 radical (unpaired) electrons. The first-order chi connectivity index (χ1) is 10.6. The van der Waals surface area contributed by atoms with Crippen LogP contribution in [0, 0.1) is 5.92 Å². The van der Waals surface area contributed by atoms with Crippen molar-refractivity contribution in [1.29, 1.82) is 0 Å². The Morgan fingerprint density at radius 1 is 1.23 bits per heavy atom. The fourth-order valence-electron chi connectivity index (χ4n) is 2.57. The number of carbonyl (C=O) groups is 1. The lowest BCUT2D eigenvalue weighted by Crippen LogP contribution is -2.33. The third-order valence-corrected chi connectivity index (χ3v) is 4.25. The van der Waals surface area contributed by atoms with Gasteiger partial charge in [-0.25, -0.2) is 0 Å². The fraction of sp³-hybridized carbons (Fsp3) is 0.500. The number of amides is 1. The van der Waals surface area contributed by atoms with Crippen LogP contribution in [-0.2, 0) is 11.3 Å². The largest absolute Gasteiger partial charge is 0.337 e. The Hall–Kier alpha value is -1.32. The zero-order chi connectivity index (χ0) is 15.9. The van der Waals surface area contributed by atoms with Crippen LogP contribution in [-0.4, -0.2) is 41.9 Å². The van der Waals surface area contributed by atoms with Gasteiger partial charge in [0.25, 0.3) is 0 Å². The minimum absolute atomic E-state index is 0.218. The van der Waals surface area contributed by atoms with Crippen molar-refractivity contribution in [1.82, 2.24) is 9.80 Å². The Morgan fingerprint density at radius 3 is 2.73 bits per heavy atom. The van der Waals surface area contributed by atoms with E-state index in [9.17, 15) is 4.79 Å². The van der Waals surface area contributed by atoms with Gasteiger partial charge in [-0.2, -0.15) is 0 Å². The molecule has 3 nitrogen and oxygen atoms in total. The second-order valence-electron chi connectivity index (χ2n) is 6.13. The third kappa shape index (κ3) is 5.15. The minimum Gasteiger partial charge on any atom is -0.337 e. The summed E-state index contributed by atoms with van der Waals surface area (Å²) >= 11 is 6.20. The lowest BCUT2D eigenvalue weighted by atomic mass is 10.2. The monoisotopic (exact) mass is 320 g/mol. The van der Waals surface area contributed by atoms with Gasteiger partial charge >= 0.3 is 0 Å². The van der Waals surface area contributed by atoms with E-state index >= 15 is 0 Å². The number of allylic oxidation sites excluding steroid dienone is 1. The van der Waals surface area contributed by atoms with Gasteiger partial charge in [-0.15, -0.1) is 0 Å². The van der Waals surface area contributed by atoms with E-state index in [1.165, 1.54) is 0 Å². The average molecular weight is 321 g/mol. The van der Waals surface area contributed by atoms with Gasteiger partial charge in [0.1, 0.15) is 0 Å². The van der Waals surface area contributed by atoms with Gasteiger partial charge in [-0.3, -0.25) is 9.69 Å². The van der Waals surface area contributed by atoms with E-state index in [1.807, 2.05) is 29.2 Å². The maximum atomic E-state index is 12.3. The molecule has 1 aliphatic rings. The second kappa shape index (κ2) is 8.35. The molecule has 1 fully saturated rings. The lowest BCUT2D eigenvalue weighted by Gasteiger charge is -2.22. The van der Waals surface area contributed by atoms with Crippen LogP contribution in [0.1, 0.15) is 25.8 Å². The first kappa shape index (κ1) is 17.0. The van der Waals surface area contributed by atoms with Crippen molar-refractivity contribution >= 4 is 17.5 Å². The molecular formula is C18H25ClN2O. The highest BCUT2D eigenvalue weighted by Gasteiger charge is 2.20. The fourth-order valence-corrected chi connectivity index (χ4v) is 2.77. The summed E-state index contributed by atoms with van der Waals surface area (Å²) in [6.45, 7) is 8.39. The summed E-state index contributed by atoms with van der Waals surface area (Å²) in [7, 11) is 0. The van der Waals surface area contributed by atoms with Gasteiger partial charge in [0.15, 0.2) is 0 Å². The van der Waals surface area contributed by atoms with Crippen molar-refractivity contribution < 1.29 is 4.79 Å². The molecular weight excluding hydrogens is 296 g/mol. The molecule has 0 bridgehead atoms. The molecule has 1 aromatic carbocycles. The summed E-state index contributed by atoms with van der Waals surface area (Å²) in [5.74, 6) is 0.792. The molecule has 0 atom stereocenters. The van der Waals surface area contributed by atoms with Crippen LogP contribution in [0.4, 0.5) is 0 Å². The first-order valence-corrected chi connectivity index (χ1v) is 8.34. The number of hydrogen-bond acceptors (Lipinski definition) is 2. The molecule has 0 spiro atoms.